The van der Waals surface area contributed by atoms with Crippen molar-refractivity contribution >= 4 is 28.3 Å². The lowest BCUT2D eigenvalue weighted by Gasteiger charge is -2.29. The van der Waals surface area contributed by atoms with E-state index in [1.807, 2.05) is 37.3 Å². The topological polar surface area (TPSA) is 93.3 Å². The Hall–Kier alpha value is -4.76. The van der Waals surface area contributed by atoms with Crippen molar-refractivity contribution in [3.8, 4) is 16.9 Å². The SMILES string of the molecule is Cc1cc(O)ccc1-c1cc2[nH]nc(NC(=O)c3ccc(N4CCNCC4)cc3)c2cc1Cc1cc(F)cc(F)c1. The van der Waals surface area contributed by atoms with Crippen LogP contribution < -0.4 is 15.5 Å². The van der Waals surface area contributed by atoms with E-state index in [0.29, 0.717) is 27.8 Å². The second-order valence-electron chi connectivity index (χ2n) is 10.3. The van der Waals surface area contributed by atoms with E-state index in [-0.39, 0.29) is 18.1 Å². The highest BCUT2D eigenvalue weighted by molar-refractivity contribution is 6.08. The molecule has 4 aromatic carbocycles. The Bertz CT molecular complexity index is 1720. The van der Waals surface area contributed by atoms with Gasteiger partial charge in [0.25, 0.3) is 5.91 Å². The molecule has 208 valence electrons. The number of hydrogen-bond acceptors (Lipinski definition) is 5. The van der Waals surface area contributed by atoms with Crippen LogP contribution in [0, 0.1) is 18.6 Å². The number of rotatable bonds is 6. The normalized spacial score (nSPS) is 13.5. The molecule has 4 N–H and O–H groups in total. The molecule has 5 aromatic rings. The minimum Gasteiger partial charge on any atom is -0.508 e. The molecular formula is C32H29F2N5O2. The second-order valence-corrected chi connectivity index (χ2v) is 10.3. The molecule has 6 rings (SSSR count). The average Bonchev–Trinajstić information content (AvgIpc) is 3.34. The summed E-state index contributed by atoms with van der Waals surface area (Å²) < 4.78 is 28.1. The van der Waals surface area contributed by atoms with Crippen LogP contribution in [0.2, 0.25) is 0 Å². The molecule has 9 heteroatoms. The molecule has 0 spiro atoms. The van der Waals surface area contributed by atoms with Gasteiger partial charge in [0.15, 0.2) is 5.82 Å². The lowest BCUT2D eigenvalue weighted by atomic mass is 9.91. The summed E-state index contributed by atoms with van der Waals surface area (Å²) in [5.41, 5.74) is 6.05. The second kappa shape index (κ2) is 11.0. The summed E-state index contributed by atoms with van der Waals surface area (Å²) in [7, 11) is 0. The minimum absolute atomic E-state index is 0.147. The predicted molar refractivity (Wildman–Crippen MR) is 157 cm³/mol. The molecule has 2 heterocycles. The number of aromatic hydroxyl groups is 1. The molecule has 0 unspecified atom stereocenters. The van der Waals surface area contributed by atoms with Crippen LogP contribution in [0.25, 0.3) is 22.0 Å². The first-order valence-corrected chi connectivity index (χ1v) is 13.5. The number of benzene rings is 4. The molecule has 41 heavy (non-hydrogen) atoms. The smallest absolute Gasteiger partial charge is 0.256 e. The van der Waals surface area contributed by atoms with Crippen LogP contribution in [0.15, 0.2) is 72.8 Å². The van der Waals surface area contributed by atoms with E-state index in [4.69, 9.17) is 0 Å². The van der Waals surface area contributed by atoms with Gasteiger partial charge in [0, 0.05) is 48.9 Å². The summed E-state index contributed by atoms with van der Waals surface area (Å²) in [6.45, 7) is 5.58. The maximum absolute atomic E-state index is 14.0. The Labute approximate surface area is 235 Å². The third-order valence-corrected chi connectivity index (χ3v) is 7.45. The van der Waals surface area contributed by atoms with E-state index in [9.17, 15) is 18.7 Å². The zero-order valence-electron chi connectivity index (χ0n) is 22.5. The fourth-order valence-corrected chi connectivity index (χ4v) is 5.41. The number of nitrogens with one attached hydrogen (secondary N) is 3. The number of hydrogen-bond donors (Lipinski definition) is 4. The molecule has 0 atom stereocenters. The molecule has 0 aliphatic carbocycles. The molecule has 0 saturated carbocycles. The van der Waals surface area contributed by atoms with Crippen LogP contribution in [-0.2, 0) is 6.42 Å². The van der Waals surface area contributed by atoms with Crippen molar-refractivity contribution in [3.63, 3.8) is 0 Å². The maximum atomic E-state index is 14.0. The van der Waals surface area contributed by atoms with E-state index in [1.165, 1.54) is 12.1 Å². The standard InChI is InChI=1S/C32H29F2N5O2/c1-19-12-26(40)6-7-27(19)28-18-30-29(16-22(28)13-20-14-23(33)17-24(34)15-20)31(38-37-30)36-32(41)21-2-4-25(5-3-21)39-10-8-35-9-11-39/h2-7,12,14-18,35,40H,8-11,13H2,1H3,(H2,36,37,38,41). The van der Waals surface area contributed by atoms with E-state index >= 15 is 0 Å². The number of amides is 1. The summed E-state index contributed by atoms with van der Waals surface area (Å²) in [6.07, 6.45) is 0.242. The van der Waals surface area contributed by atoms with E-state index in [2.05, 4.69) is 25.7 Å². The molecule has 7 nitrogen and oxygen atoms in total. The van der Waals surface area contributed by atoms with Gasteiger partial charge in [-0.2, -0.15) is 5.10 Å². The molecule has 0 radical (unpaired) electrons. The van der Waals surface area contributed by atoms with E-state index in [1.54, 1.807) is 24.3 Å². The Morgan fingerprint density at radius 2 is 1.68 bits per heavy atom. The van der Waals surface area contributed by atoms with Crippen LogP contribution in [0.1, 0.15) is 27.0 Å². The first-order chi connectivity index (χ1) is 19.8. The van der Waals surface area contributed by atoms with Gasteiger partial charge >= 0.3 is 0 Å². The number of aromatic amines is 1. The van der Waals surface area contributed by atoms with Gasteiger partial charge in [-0.15, -0.1) is 0 Å². The molecule has 1 aliphatic rings. The molecule has 1 aromatic heterocycles. The summed E-state index contributed by atoms with van der Waals surface area (Å²) in [6, 6.07) is 19.8. The van der Waals surface area contributed by atoms with Gasteiger partial charge in [0.2, 0.25) is 0 Å². The lowest BCUT2D eigenvalue weighted by molar-refractivity contribution is 0.102. The highest BCUT2D eigenvalue weighted by Crippen LogP contribution is 2.35. The number of H-pyrrole nitrogens is 1. The fourth-order valence-electron chi connectivity index (χ4n) is 5.41. The first kappa shape index (κ1) is 26.5. The quantitative estimate of drug-likeness (QED) is 0.214. The predicted octanol–water partition coefficient (Wildman–Crippen LogP) is 5.77. The molecule has 1 amide bonds. The van der Waals surface area contributed by atoms with Crippen molar-refractivity contribution in [2.75, 3.05) is 36.4 Å². The number of carbonyl (C=O) groups is 1. The van der Waals surface area contributed by atoms with Gasteiger partial charge in [0.05, 0.1) is 5.52 Å². The van der Waals surface area contributed by atoms with Crippen molar-refractivity contribution in [2.24, 2.45) is 0 Å². The van der Waals surface area contributed by atoms with Crippen LogP contribution >= 0.6 is 0 Å². The largest absolute Gasteiger partial charge is 0.508 e. The van der Waals surface area contributed by atoms with Crippen LogP contribution in [-0.4, -0.2) is 47.4 Å². The number of aryl methyl sites for hydroxylation is 1. The average molecular weight is 554 g/mol. The number of nitrogens with zero attached hydrogens (tertiary/aromatic N) is 2. The van der Waals surface area contributed by atoms with Crippen molar-refractivity contribution in [1.82, 2.24) is 15.5 Å². The van der Waals surface area contributed by atoms with Gasteiger partial charge in [-0.05, 0) is 102 Å². The maximum Gasteiger partial charge on any atom is 0.256 e. The van der Waals surface area contributed by atoms with Crippen LogP contribution in [0.3, 0.4) is 0 Å². The summed E-state index contributed by atoms with van der Waals surface area (Å²) in [5, 5.41) is 24.2. The number of anilines is 2. The number of aromatic nitrogens is 2. The zero-order valence-corrected chi connectivity index (χ0v) is 22.5. The third-order valence-electron chi connectivity index (χ3n) is 7.45. The Morgan fingerprint density at radius 1 is 0.951 bits per heavy atom. The van der Waals surface area contributed by atoms with Gasteiger partial charge in [0.1, 0.15) is 17.4 Å². The van der Waals surface area contributed by atoms with Crippen molar-refractivity contribution in [3.05, 3.63) is 107 Å². The zero-order chi connectivity index (χ0) is 28.5. The Kier molecular flexibility index (Phi) is 7.11. The molecule has 1 saturated heterocycles. The number of phenols is 1. The fraction of sp³-hybridized carbons (Fsp3) is 0.188. The Balaban J connectivity index is 1.34. The first-order valence-electron chi connectivity index (χ1n) is 13.5. The van der Waals surface area contributed by atoms with Crippen molar-refractivity contribution in [1.29, 1.82) is 0 Å². The Morgan fingerprint density at radius 3 is 2.39 bits per heavy atom. The highest BCUT2D eigenvalue weighted by Gasteiger charge is 2.18. The summed E-state index contributed by atoms with van der Waals surface area (Å²) in [5.74, 6) is -1.09. The molecule has 1 aliphatic heterocycles. The minimum atomic E-state index is -0.650. The number of phenolic OH excluding ortho intramolecular Hbond substituents is 1. The van der Waals surface area contributed by atoms with Crippen LogP contribution in [0.5, 0.6) is 5.75 Å². The summed E-state index contributed by atoms with van der Waals surface area (Å²) >= 11 is 0. The monoisotopic (exact) mass is 553 g/mol. The van der Waals surface area contributed by atoms with Crippen molar-refractivity contribution in [2.45, 2.75) is 13.3 Å². The number of carbonyl (C=O) groups excluding carboxylic acids is 1. The molecule has 1 fully saturated rings. The highest BCUT2D eigenvalue weighted by atomic mass is 19.1. The summed E-state index contributed by atoms with van der Waals surface area (Å²) in [4.78, 5) is 15.4. The van der Waals surface area contributed by atoms with Crippen molar-refractivity contribution < 1.29 is 18.7 Å². The number of fused-ring (bicyclic) bond motifs is 1. The molecular weight excluding hydrogens is 524 g/mol. The molecule has 0 bridgehead atoms. The van der Waals surface area contributed by atoms with Gasteiger partial charge in [-0.25, -0.2) is 8.78 Å². The van der Waals surface area contributed by atoms with Gasteiger partial charge in [-0.1, -0.05) is 6.07 Å². The number of halogens is 2. The van der Waals surface area contributed by atoms with Gasteiger partial charge in [-0.3, -0.25) is 9.89 Å². The van der Waals surface area contributed by atoms with Gasteiger partial charge < -0.3 is 20.6 Å². The number of piperazine rings is 1. The van der Waals surface area contributed by atoms with E-state index in [0.717, 1.165) is 60.2 Å². The van der Waals surface area contributed by atoms with E-state index < -0.39 is 11.6 Å². The third kappa shape index (κ3) is 5.62. The lowest BCUT2D eigenvalue weighted by Crippen LogP contribution is -2.43. The van der Waals surface area contributed by atoms with Crippen LogP contribution in [0.4, 0.5) is 20.3 Å².